The number of unbranched alkanes of at least 4 members (excludes halogenated alkanes) is 1. The minimum atomic E-state index is 0. The molecule has 0 aliphatic carbocycles. The zero-order valence-corrected chi connectivity index (χ0v) is 9.97. The van der Waals surface area contributed by atoms with Gasteiger partial charge < -0.3 is 4.90 Å². The summed E-state index contributed by atoms with van der Waals surface area (Å²) in [7, 11) is 4.11. The molecule has 0 aliphatic rings. The van der Waals surface area contributed by atoms with Gasteiger partial charge in [0.25, 0.3) is 0 Å². The third-order valence-electron chi connectivity index (χ3n) is 2.10. The fourth-order valence-corrected chi connectivity index (χ4v) is 1.24. The molecule has 1 aromatic heterocycles. The van der Waals surface area contributed by atoms with E-state index in [4.69, 9.17) is 0 Å². The quantitative estimate of drug-likeness (QED) is 0.766. The van der Waals surface area contributed by atoms with Crippen molar-refractivity contribution >= 4 is 18.1 Å². The third kappa shape index (κ3) is 3.97. The van der Waals surface area contributed by atoms with Gasteiger partial charge >= 0.3 is 0 Å². The first-order valence-corrected chi connectivity index (χ1v) is 4.86. The molecule has 1 rings (SSSR count). The normalized spacial score (nSPS) is 9.36. The van der Waals surface area contributed by atoms with Crippen molar-refractivity contribution in [3.8, 4) is 0 Å². The van der Waals surface area contributed by atoms with E-state index in [1.165, 1.54) is 24.2 Å². The van der Waals surface area contributed by atoms with Gasteiger partial charge in [-0.15, -0.1) is 12.4 Å². The summed E-state index contributed by atoms with van der Waals surface area (Å²) in [4.78, 5) is 6.44. The Balaban J connectivity index is 0.00000169. The number of pyridine rings is 1. The number of aryl methyl sites for hydroxylation is 1. The molecule has 0 spiro atoms. The molecule has 0 aliphatic heterocycles. The van der Waals surface area contributed by atoms with Crippen molar-refractivity contribution in [2.45, 2.75) is 26.2 Å². The molecule has 0 bridgehead atoms. The van der Waals surface area contributed by atoms with Crippen LogP contribution in [0, 0.1) is 0 Å². The summed E-state index contributed by atoms with van der Waals surface area (Å²) in [6.07, 6.45) is 5.44. The molecule has 2 nitrogen and oxygen atoms in total. The van der Waals surface area contributed by atoms with Crippen LogP contribution in [-0.4, -0.2) is 19.1 Å². The molecule has 0 atom stereocenters. The minimum Gasteiger partial charge on any atom is -0.378 e. The molecule has 1 heterocycles. The first-order valence-electron chi connectivity index (χ1n) is 4.86. The highest BCUT2D eigenvalue weighted by Crippen LogP contribution is 2.12. The molecule has 0 saturated carbocycles. The van der Waals surface area contributed by atoms with Crippen LogP contribution in [0.3, 0.4) is 0 Å². The highest BCUT2D eigenvalue weighted by atomic mass is 35.5. The van der Waals surface area contributed by atoms with Crippen LogP contribution in [0.2, 0.25) is 0 Å². The predicted molar refractivity (Wildman–Crippen MR) is 64.4 cm³/mol. The van der Waals surface area contributed by atoms with E-state index >= 15 is 0 Å². The average Bonchev–Trinajstić information content (AvgIpc) is 2.15. The van der Waals surface area contributed by atoms with Crippen molar-refractivity contribution in [2.24, 2.45) is 0 Å². The van der Waals surface area contributed by atoms with E-state index in [1.807, 2.05) is 12.3 Å². The van der Waals surface area contributed by atoms with Crippen LogP contribution in [-0.2, 0) is 6.42 Å². The summed E-state index contributed by atoms with van der Waals surface area (Å²) in [6.45, 7) is 2.20. The lowest BCUT2D eigenvalue weighted by atomic mass is 10.2. The van der Waals surface area contributed by atoms with Crippen LogP contribution in [0.15, 0.2) is 18.3 Å². The Hall–Kier alpha value is -0.760. The number of hydrogen-bond donors (Lipinski definition) is 0. The first-order chi connectivity index (χ1) is 6.24. The fraction of sp³-hybridized carbons (Fsp3) is 0.545. The van der Waals surface area contributed by atoms with E-state index in [0.717, 1.165) is 6.42 Å². The van der Waals surface area contributed by atoms with Gasteiger partial charge in [-0.05, 0) is 25.0 Å². The smallest absolute Gasteiger partial charge is 0.0424 e. The Bertz CT molecular complexity index is 261. The summed E-state index contributed by atoms with van der Waals surface area (Å²) in [5.41, 5.74) is 2.44. The molecule has 0 radical (unpaired) electrons. The summed E-state index contributed by atoms with van der Waals surface area (Å²) in [6, 6.07) is 4.20. The van der Waals surface area contributed by atoms with Crippen molar-refractivity contribution in [3.05, 3.63) is 24.0 Å². The zero-order chi connectivity index (χ0) is 9.68. The lowest BCUT2D eigenvalue weighted by Crippen LogP contribution is -2.09. The Kier molecular flexibility index (Phi) is 6.30. The second-order valence-corrected chi connectivity index (χ2v) is 3.50. The number of halogens is 1. The van der Waals surface area contributed by atoms with Gasteiger partial charge in [-0.1, -0.05) is 13.3 Å². The standard InChI is InChI=1S/C11H18N2.ClH/c1-4-5-6-10-9-11(13(2)3)7-8-12-10;/h7-9H,4-6H2,1-3H3;1H. The van der Waals surface area contributed by atoms with Gasteiger partial charge in [-0.2, -0.15) is 0 Å². The third-order valence-corrected chi connectivity index (χ3v) is 2.10. The maximum atomic E-state index is 4.33. The van der Waals surface area contributed by atoms with Crippen LogP contribution < -0.4 is 4.90 Å². The van der Waals surface area contributed by atoms with Crippen molar-refractivity contribution in [1.29, 1.82) is 0 Å². The Morgan fingerprint density at radius 2 is 2.07 bits per heavy atom. The van der Waals surface area contributed by atoms with Gasteiger partial charge in [0.15, 0.2) is 0 Å². The lowest BCUT2D eigenvalue weighted by molar-refractivity contribution is 0.776. The van der Waals surface area contributed by atoms with Crippen LogP contribution in [0.25, 0.3) is 0 Å². The van der Waals surface area contributed by atoms with Gasteiger partial charge in [0, 0.05) is 31.7 Å². The molecule has 0 saturated heterocycles. The molecule has 0 aromatic carbocycles. The average molecular weight is 215 g/mol. The maximum absolute atomic E-state index is 4.33. The maximum Gasteiger partial charge on any atom is 0.0424 e. The monoisotopic (exact) mass is 214 g/mol. The molecule has 1 aromatic rings. The van der Waals surface area contributed by atoms with Crippen molar-refractivity contribution < 1.29 is 0 Å². The fourth-order valence-electron chi connectivity index (χ4n) is 1.24. The van der Waals surface area contributed by atoms with E-state index < -0.39 is 0 Å². The molecule has 0 N–H and O–H groups in total. The number of rotatable bonds is 4. The van der Waals surface area contributed by atoms with Gasteiger partial charge in [0.05, 0.1) is 0 Å². The summed E-state index contributed by atoms with van der Waals surface area (Å²) in [5, 5.41) is 0. The zero-order valence-electron chi connectivity index (χ0n) is 9.16. The van der Waals surface area contributed by atoms with Crippen LogP contribution in [0.1, 0.15) is 25.5 Å². The molecule has 3 heteroatoms. The van der Waals surface area contributed by atoms with Crippen molar-refractivity contribution in [2.75, 3.05) is 19.0 Å². The largest absolute Gasteiger partial charge is 0.378 e. The van der Waals surface area contributed by atoms with Crippen LogP contribution >= 0.6 is 12.4 Å². The molecule has 14 heavy (non-hydrogen) atoms. The van der Waals surface area contributed by atoms with Crippen LogP contribution in [0.5, 0.6) is 0 Å². The molecule has 0 amide bonds. The molecule has 0 unspecified atom stereocenters. The van der Waals surface area contributed by atoms with Gasteiger partial charge in [-0.3, -0.25) is 4.98 Å². The Morgan fingerprint density at radius 3 is 2.64 bits per heavy atom. The minimum absolute atomic E-state index is 0. The summed E-state index contributed by atoms with van der Waals surface area (Å²) >= 11 is 0. The topological polar surface area (TPSA) is 16.1 Å². The number of nitrogens with zero attached hydrogens (tertiary/aromatic N) is 2. The Labute approximate surface area is 92.8 Å². The van der Waals surface area contributed by atoms with E-state index in [0.29, 0.717) is 0 Å². The molecule has 80 valence electrons. The second-order valence-electron chi connectivity index (χ2n) is 3.50. The van der Waals surface area contributed by atoms with Crippen LogP contribution in [0.4, 0.5) is 5.69 Å². The summed E-state index contributed by atoms with van der Waals surface area (Å²) < 4.78 is 0. The van der Waals surface area contributed by atoms with E-state index in [9.17, 15) is 0 Å². The highest BCUT2D eigenvalue weighted by Gasteiger charge is 1.97. The van der Waals surface area contributed by atoms with Gasteiger partial charge in [0.2, 0.25) is 0 Å². The van der Waals surface area contributed by atoms with Crippen molar-refractivity contribution in [3.63, 3.8) is 0 Å². The molecular weight excluding hydrogens is 196 g/mol. The number of hydrogen-bond acceptors (Lipinski definition) is 2. The van der Waals surface area contributed by atoms with E-state index in [2.05, 4.69) is 37.0 Å². The van der Waals surface area contributed by atoms with E-state index in [-0.39, 0.29) is 12.4 Å². The SMILES string of the molecule is CCCCc1cc(N(C)C)ccn1.Cl. The molecule has 0 fully saturated rings. The number of aromatic nitrogens is 1. The lowest BCUT2D eigenvalue weighted by Gasteiger charge is -2.12. The number of anilines is 1. The predicted octanol–water partition coefficient (Wildman–Crippen LogP) is 2.91. The second kappa shape index (κ2) is 6.66. The van der Waals surface area contributed by atoms with Gasteiger partial charge in [-0.25, -0.2) is 0 Å². The van der Waals surface area contributed by atoms with E-state index in [1.54, 1.807) is 0 Å². The van der Waals surface area contributed by atoms with Gasteiger partial charge in [0.1, 0.15) is 0 Å². The first kappa shape index (κ1) is 13.2. The van der Waals surface area contributed by atoms with Crippen molar-refractivity contribution in [1.82, 2.24) is 4.98 Å². The summed E-state index contributed by atoms with van der Waals surface area (Å²) in [5.74, 6) is 0. The Morgan fingerprint density at radius 1 is 1.36 bits per heavy atom. The molecular formula is C11H19ClN2. The highest BCUT2D eigenvalue weighted by molar-refractivity contribution is 5.85.